The van der Waals surface area contributed by atoms with Crippen LogP contribution in [0.25, 0.3) is 6.08 Å². The quantitative estimate of drug-likeness (QED) is 0.620. The number of carbonyl (C=O) groups is 2. The molecule has 2 aromatic carbocycles. The van der Waals surface area contributed by atoms with Crippen LogP contribution in [0.15, 0.2) is 36.4 Å². The van der Waals surface area contributed by atoms with Crippen LogP contribution in [0.2, 0.25) is 5.02 Å². The van der Waals surface area contributed by atoms with Gasteiger partial charge in [0.2, 0.25) is 11.8 Å². The van der Waals surface area contributed by atoms with Crippen LogP contribution in [-0.2, 0) is 9.59 Å². The highest BCUT2D eigenvalue weighted by molar-refractivity contribution is 6.31. The SMILES string of the molecule is COc1ccc(/C=C/C(=O)N2C[C@@H]3C[C@H]2C(=O)N3c2cc(C)c(Cl)cc2OC)cc1OC. The molecule has 0 saturated carbocycles. The van der Waals surface area contributed by atoms with Gasteiger partial charge in [0.1, 0.15) is 11.8 Å². The van der Waals surface area contributed by atoms with E-state index in [1.54, 1.807) is 55.4 Å². The van der Waals surface area contributed by atoms with Crippen molar-refractivity contribution in [2.45, 2.75) is 25.4 Å². The summed E-state index contributed by atoms with van der Waals surface area (Å²) in [6, 6.07) is 8.42. The Balaban J connectivity index is 1.51. The number of rotatable bonds is 6. The molecule has 2 atom stereocenters. The predicted octanol–water partition coefficient (Wildman–Crippen LogP) is 3.70. The minimum Gasteiger partial charge on any atom is -0.495 e. The second-order valence-corrected chi connectivity index (χ2v) is 8.23. The number of amides is 2. The van der Waals surface area contributed by atoms with Crippen LogP contribution in [0, 0.1) is 6.92 Å². The van der Waals surface area contributed by atoms with Crippen LogP contribution in [0.3, 0.4) is 0 Å². The van der Waals surface area contributed by atoms with Gasteiger partial charge in [0.25, 0.3) is 0 Å². The van der Waals surface area contributed by atoms with E-state index in [4.69, 9.17) is 25.8 Å². The van der Waals surface area contributed by atoms with Crippen LogP contribution >= 0.6 is 11.6 Å². The number of hydrogen-bond donors (Lipinski definition) is 0. The molecule has 2 aliphatic heterocycles. The van der Waals surface area contributed by atoms with Crippen molar-refractivity contribution < 1.29 is 23.8 Å². The lowest BCUT2D eigenvalue weighted by Gasteiger charge is -2.34. The minimum absolute atomic E-state index is 0.0968. The van der Waals surface area contributed by atoms with Crippen molar-refractivity contribution >= 4 is 35.2 Å². The van der Waals surface area contributed by atoms with E-state index >= 15 is 0 Å². The summed E-state index contributed by atoms with van der Waals surface area (Å²) in [7, 11) is 4.69. The Hall–Kier alpha value is -3.19. The number of fused-ring (bicyclic) bond motifs is 2. The van der Waals surface area contributed by atoms with Gasteiger partial charge in [0.15, 0.2) is 11.5 Å². The van der Waals surface area contributed by atoms with E-state index in [9.17, 15) is 9.59 Å². The number of benzene rings is 2. The van der Waals surface area contributed by atoms with Crippen molar-refractivity contribution in [3.63, 3.8) is 0 Å². The second kappa shape index (κ2) is 8.74. The summed E-state index contributed by atoms with van der Waals surface area (Å²) < 4.78 is 16.0. The largest absolute Gasteiger partial charge is 0.495 e. The maximum Gasteiger partial charge on any atom is 0.250 e. The van der Waals surface area contributed by atoms with Gasteiger partial charge < -0.3 is 24.0 Å². The molecule has 2 aliphatic rings. The zero-order valence-corrected chi connectivity index (χ0v) is 19.2. The lowest BCUT2D eigenvalue weighted by Crippen LogP contribution is -2.52. The molecule has 2 amide bonds. The van der Waals surface area contributed by atoms with Gasteiger partial charge in [0, 0.05) is 23.7 Å². The van der Waals surface area contributed by atoms with E-state index in [0.717, 1.165) is 11.1 Å². The number of nitrogens with zero attached hydrogens (tertiary/aromatic N) is 2. The van der Waals surface area contributed by atoms with Crippen molar-refractivity contribution in [2.24, 2.45) is 0 Å². The Morgan fingerprint density at radius 1 is 1.06 bits per heavy atom. The molecule has 0 spiro atoms. The van der Waals surface area contributed by atoms with Gasteiger partial charge in [0.05, 0.1) is 33.1 Å². The summed E-state index contributed by atoms with van der Waals surface area (Å²) in [6.45, 7) is 2.36. The highest BCUT2D eigenvalue weighted by atomic mass is 35.5. The lowest BCUT2D eigenvalue weighted by atomic mass is 10.1. The first-order valence-electron chi connectivity index (χ1n) is 10.3. The highest BCUT2D eigenvalue weighted by Gasteiger charge is 2.52. The van der Waals surface area contributed by atoms with Crippen molar-refractivity contribution in [1.82, 2.24) is 4.90 Å². The van der Waals surface area contributed by atoms with E-state index < -0.39 is 6.04 Å². The van der Waals surface area contributed by atoms with E-state index in [0.29, 0.717) is 40.9 Å². The third-order valence-electron chi connectivity index (χ3n) is 6.00. The van der Waals surface area contributed by atoms with Gasteiger partial charge in [-0.15, -0.1) is 0 Å². The van der Waals surface area contributed by atoms with Gasteiger partial charge >= 0.3 is 0 Å². The van der Waals surface area contributed by atoms with E-state index in [2.05, 4.69) is 0 Å². The second-order valence-electron chi connectivity index (χ2n) is 7.83. The number of aryl methyl sites for hydroxylation is 1. The van der Waals surface area contributed by atoms with Crippen molar-refractivity contribution in [3.8, 4) is 17.2 Å². The molecule has 0 aliphatic carbocycles. The van der Waals surface area contributed by atoms with Crippen molar-refractivity contribution in [1.29, 1.82) is 0 Å². The fraction of sp³-hybridized carbons (Fsp3) is 0.333. The molecule has 2 aromatic rings. The molecule has 32 heavy (non-hydrogen) atoms. The predicted molar refractivity (Wildman–Crippen MR) is 123 cm³/mol. The molecule has 2 saturated heterocycles. The van der Waals surface area contributed by atoms with Crippen LogP contribution in [-0.4, -0.2) is 56.7 Å². The summed E-state index contributed by atoms with van der Waals surface area (Å²) in [5.41, 5.74) is 2.36. The van der Waals surface area contributed by atoms with Gasteiger partial charge in [-0.2, -0.15) is 0 Å². The fourth-order valence-corrected chi connectivity index (χ4v) is 4.51. The van der Waals surface area contributed by atoms with E-state index in [1.807, 2.05) is 19.1 Å². The fourth-order valence-electron chi connectivity index (χ4n) is 4.35. The number of hydrogen-bond acceptors (Lipinski definition) is 5. The Bertz CT molecular complexity index is 1100. The molecular weight excluding hydrogens is 432 g/mol. The standard InChI is InChI=1S/C24H25ClN2O5/c1-14-9-18(21(31-3)12-17(14)25)27-16-11-19(24(27)29)26(13-16)23(28)8-6-15-5-7-20(30-2)22(10-15)32-4/h5-10,12,16,19H,11,13H2,1-4H3/b8-6+/t16-,19-/m0/s1. The number of ether oxygens (including phenoxy) is 3. The molecule has 0 N–H and O–H groups in total. The number of carbonyl (C=O) groups excluding carboxylic acids is 2. The molecule has 0 unspecified atom stereocenters. The third-order valence-corrected chi connectivity index (χ3v) is 6.40. The number of halogens is 1. The number of anilines is 1. The maximum absolute atomic E-state index is 13.2. The molecule has 0 aromatic heterocycles. The van der Waals surface area contributed by atoms with Crippen LogP contribution in [0.1, 0.15) is 17.5 Å². The zero-order valence-electron chi connectivity index (χ0n) is 18.4. The maximum atomic E-state index is 13.2. The van der Waals surface area contributed by atoms with E-state index in [-0.39, 0.29) is 17.9 Å². The minimum atomic E-state index is -0.483. The molecule has 2 heterocycles. The number of methoxy groups -OCH3 is 3. The van der Waals surface area contributed by atoms with Gasteiger partial charge in [-0.25, -0.2) is 0 Å². The Morgan fingerprint density at radius 3 is 2.44 bits per heavy atom. The Kier molecular flexibility index (Phi) is 6.02. The first-order valence-corrected chi connectivity index (χ1v) is 10.6. The smallest absolute Gasteiger partial charge is 0.250 e. The van der Waals surface area contributed by atoms with Crippen LogP contribution in [0.4, 0.5) is 5.69 Å². The van der Waals surface area contributed by atoms with Gasteiger partial charge in [-0.1, -0.05) is 17.7 Å². The average molecular weight is 457 g/mol. The summed E-state index contributed by atoms with van der Waals surface area (Å²) >= 11 is 6.21. The van der Waals surface area contributed by atoms with Crippen molar-refractivity contribution in [2.75, 3.05) is 32.8 Å². The van der Waals surface area contributed by atoms with Crippen LogP contribution in [0.5, 0.6) is 17.2 Å². The topological polar surface area (TPSA) is 68.3 Å². The molecule has 0 radical (unpaired) electrons. The molecular formula is C24H25ClN2O5. The Morgan fingerprint density at radius 2 is 1.78 bits per heavy atom. The first-order chi connectivity index (χ1) is 15.4. The lowest BCUT2D eigenvalue weighted by molar-refractivity contribution is -0.134. The summed E-state index contributed by atoms with van der Waals surface area (Å²) in [5, 5.41) is 0.583. The summed E-state index contributed by atoms with van der Waals surface area (Å²) in [4.78, 5) is 29.4. The molecule has 4 rings (SSSR count). The monoisotopic (exact) mass is 456 g/mol. The third kappa shape index (κ3) is 3.77. The Labute approximate surface area is 192 Å². The number of likely N-dealkylation sites (tertiary alicyclic amines) is 1. The summed E-state index contributed by atoms with van der Waals surface area (Å²) in [5.74, 6) is 1.45. The molecule has 8 heteroatoms. The van der Waals surface area contributed by atoms with Gasteiger partial charge in [-0.3, -0.25) is 9.59 Å². The average Bonchev–Trinajstić information content (AvgIpc) is 3.37. The number of piperazine rings is 1. The molecule has 7 nitrogen and oxygen atoms in total. The normalized spacial score (nSPS) is 19.7. The summed E-state index contributed by atoms with van der Waals surface area (Å²) in [6.07, 6.45) is 3.80. The zero-order chi connectivity index (χ0) is 23.0. The van der Waals surface area contributed by atoms with E-state index in [1.165, 1.54) is 6.08 Å². The first kappa shape index (κ1) is 22.0. The molecule has 2 fully saturated rings. The molecule has 2 bridgehead atoms. The van der Waals surface area contributed by atoms with Gasteiger partial charge in [-0.05, 0) is 48.7 Å². The highest BCUT2D eigenvalue weighted by Crippen LogP contribution is 2.42. The van der Waals surface area contributed by atoms with Crippen LogP contribution < -0.4 is 19.1 Å². The van der Waals surface area contributed by atoms with Crippen molar-refractivity contribution in [3.05, 3.63) is 52.6 Å². The molecule has 168 valence electrons.